The van der Waals surface area contributed by atoms with Crippen molar-refractivity contribution < 1.29 is 9.21 Å². The number of oxazole rings is 1. The molecule has 2 N–H and O–H groups in total. The van der Waals surface area contributed by atoms with E-state index in [1.165, 1.54) is 6.39 Å². The fourth-order valence-corrected chi connectivity index (χ4v) is 2.22. The second-order valence-corrected chi connectivity index (χ2v) is 4.82. The van der Waals surface area contributed by atoms with E-state index in [9.17, 15) is 4.79 Å². The van der Waals surface area contributed by atoms with E-state index < -0.39 is 0 Å². The van der Waals surface area contributed by atoms with E-state index in [1.54, 1.807) is 6.92 Å². The van der Waals surface area contributed by atoms with Crippen molar-refractivity contribution in [3.05, 3.63) is 53.4 Å². The number of aryl methyl sites for hydroxylation is 2. The molecule has 3 rings (SSSR count). The van der Waals surface area contributed by atoms with E-state index >= 15 is 0 Å². The largest absolute Gasteiger partial charge is 0.438 e. The van der Waals surface area contributed by atoms with Crippen LogP contribution in [0.25, 0.3) is 10.9 Å². The summed E-state index contributed by atoms with van der Waals surface area (Å²) in [4.78, 5) is 19.1. The van der Waals surface area contributed by atoms with Gasteiger partial charge in [0.05, 0.1) is 5.69 Å². The second kappa shape index (κ2) is 4.85. The van der Waals surface area contributed by atoms with Gasteiger partial charge in [-0.05, 0) is 43.0 Å². The summed E-state index contributed by atoms with van der Waals surface area (Å²) in [5, 5.41) is 3.97. The molecule has 0 unspecified atom stereocenters. The average Bonchev–Trinajstić information content (AvgIpc) is 3.00. The third-order valence-corrected chi connectivity index (χ3v) is 3.22. The van der Waals surface area contributed by atoms with Gasteiger partial charge in [0.1, 0.15) is 0 Å². The Hall–Kier alpha value is -2.56. The lowest BCUT2D eigenvalue weighted by molar-refractivity contribution is 0.0922. The highest BCUT2D eigenvalue weighted by Gasteiger charge is 2.13. The Balaban J connectivity index is 1.73. The van der Waals surface area contributed by atoms with E-state index in [0.29, 0.717) is 12.2 Å². The van der Waals surface area contributed by atoms with Crippen LogP contribution in [0, 0.1) is 13.8 Å². The van der Waals surface area contributed by atoms with E-state index in [-0.39, 0.29) is 11.7 Å². The highest BCUT2D eigenvalue weighted by molar-refractivity contribution is 5.92. The molecule has 3 aromatic rings. The zero-order valence-corrected chi connectivity index (χ0v) is 11.4. The van der Waals surface area contributed by atoms with Crippen LogP contribution in [0.5, 0.6) is 0 Å². The van der Waals surface area contributed by atoms with E-state index in [2.05, 4.69) is 27.4 Å². The van der Waals surface area contributed by atoms with E-state index in [1.807, 2.05) is 19.1 Å². The molecule has 1 amide bonds. The third kappa shape index (κ3) is 2.30. The minimum absolute atomic E-state index is 0.245. The Bertz CT molecular complexity index is 770. The highest BCUT2D eigenvalue weighted by Crippen LogP contribution is 2.17. The lowest BCUT2D eigenvalue weighted by Gasteiger charge is -2.04. The predicted molar refractivity (Wildman–Crippen MR) is 75.4 cm³/mol. The Kier molecular flexibility index (Phi) is 3.02. The first-order valence-corrected chi connectivity index (χ1v) is 6.40. The molecule has 5 nitrogen and oxygen atoms in total. The minimum Gasteiger partial charge on any atom is -0.438 e. The Morgan fingerprint density at radius 1 is 1.35 bits per heavy atom. The van der Waals surface area contributed by atoms with Crippen molar-refractivity contribution in [3.8, 4) is 0 Å². The van der Waals surface area contributed by atoms with Crippen LogP contribution in [0.15, 0.2) is 35.1 Å². The van der Waals surface area contributed by atoms with Crippen LogP contribution < -0.4 is 5.32 Å². The molecular formula is C15H15N3O2. The molecule has 0 bridgehead atoms. The minimum atomic E-state index is -0.245. The second-order valence-electron chi connectivity index (χ2n) is 4.82. The standard InChI is InChI=1S/C15H15N3O2/c1-9-5-12-6-11(3-4-13(12)18-9)7-16-15(19)14-10(2)17-8-20-14/h3-6,8,18H,7H2,1-2H3,(H,16,19). The number of hydrogen-bond acceptors (Lipinski definition) is 3. The number of amides is 1. The number of hydrogen-bond donors (Lipinski definition) is 2. The quantitative estimate of drug-likeness (QED) is 0.768. The van der Waals surface area contributed by atoms with Gasteiger partial charge in [-0.15, -0.1) is 0 Å². The van der Waals surface area contributed by atoms with Crippen LogP contribution in [0.1, 0.15) is 27.5 Å². The lowest BCUT2D eigenvalue weighted by atomic mass is 10.1. The number of H-pyrrole nitrogens is 1. The molecule has 20 heavy (non-hydrogen) atoms. The first-order chi connectivity index (χ1) is 9.63. The Morgan fingerprint density at radius 2 is 2.20 bits per heavy atom. The van der Waals surface area contributed by atoms with Gasteiger partial charge in [0.15, 0.2) is 6.39 Å². The monoisotopic (exact) mass is 269 g/mol. The van der Waals surface area contributed by atoms with Crippen LogP contribution in [-0.2, 0) is 6.54 Å². The van der Waals surface area contributed by atoms with Crippen molar-refractivity contribution >= 4 is 16.8 Å². The number of aromatic amines is 1. The van der Waals surface area contributed by atoms with Crippen molar-refractivity contribution in [3.63, 3.8) is 0 Å². The first-order valence-electron chi connectivity index (χ1n) is 6.40. The van der Waals surface area contributed by atoms with E-state index in [0.717, 1.165) is 22.2 Å². The fourth-order valence-electron chi connectivity index (χ4n) is 2.22. The number of carbonyl (C=O) groups is 1. The number of nitrogens with one attached hydrogen (secondary N) is 2. The lowest BCUT2D eigenvalue weighted by Crippen LogP contribution is -2.23. The molecule has 102 valence electrons. The maximum atomic E-state index is 11.9. The van der Waals surface area contributed by atoms with Gasteiger partial charge in [-0.2, -0.15) is 0 Å². The van der Waals surface area contributed by atoms with Gasteiger partial charge in [0.2, 0.25) is 5.76 Å². The number of benzene rings is 1. The predicted octanol–water partition coefficient (Wildman–Crippen LogP) is 2.70. The molecule has 2 heterocycles. The van der Waals surface area contributed by atoms with Gasteiger partial charge in [-0.1, -0.05) is 6.07 Å². The van der Waals surface area contributed by atoms with Crippen molar-refractivity contribution in [2.75, 3.05) is 0 Å². The maximum absolute atomic E-state index is 11.9. The van der Waals surface area contributed by atoms with Crippen molar-refractivity contribution in [1.29, 1.82) is 0 Å². The summed E-state index contributed by atoms with van der Waals surface area (Å²) in [6.07, 6.45) is 1.28. The van der Waals surface area contributed by atoms with E-state index in [4.69, 9.17) is 4.42 Å². The summed E-state index contributed by atoms with van der Waals surface area (Å²) < 4.78 is 5.06. The SMILES string of the molecule is Cc1cc2cc(CNC(=O)c3ocnc3C)ccc2[nH]1. The molecule has 0 aliphatic heterocycles. The average molecular weight is 269 g/mol. The molecular weight excluding hydrogens is 254 g/mol. The summed E-state index contributed by atoms with van der Waals surface area (Å²) in [6, 6.07) is 8.16. The van der Waals surface area contributed by atoms with Gasteiger partial charge in [0.25, 0.3) is 5.91 Å². The first kappa shape index (κ1) is 12.5. The Labute approximate surface area is 116 Å². The van der Waals surface area contributed by atoms with Gasteiger partial charge < -0.3 is 14.7 Å². The van der Waals surface area contributed by atoms with Crippen LogP contribution in [0.2, 0.25) is 0 Å². The molecule has 0 fully saturated rings. The Morgan fingerprint density at radius 3 is 2.95 bits per heavy atom. The maximum Gasteiger partial charge on any atom is 0.289 e. The highest BCUT2D eigenvalue weighted by atomic mass is 16.3. The van der Waals surface area contributed by atoms with Gasteiger partial charge in [-0.3, -0.25) is 4.79 Å². The van der Waals surface area contributed by atoms with Gasteiger partial charge in [-0.25, -0.2) is 4.98 Å². The number of carbonyl (C=O) groups excluding carboxylic acids is 1. The van der Waals surface area contributed by atoms with Crippen LogP contribution in [0.3, 0.4) is 0 Å². The summed E-state index contributed by atoms with van der Waals surface area (Å²) in [6.45, 7) is 4.22. The zero-order valence-electron chi connectivity index (χ0n) is 11.4. The molecule has 0 atom stereocenters. The topological polar surface area (TPSA) is 70.9 Å². The van der Waals surface area contributed by atoms with Crippen LogP contribution in [-0.4, -0.2) is 15.9 Å². The van der Waals surface area contributed by atoms with Crippen LogP contribution >= 0.6 is 0 Å². The normalized spacial score (nSPS) is 10.9. The number of rotatable bonds is 3. The summed E-state index contributed by atoms with van der Waals surface area (Å²) in [5.41, 5.74) is 3.86. The number of fused-ring (bicyclic) bond motifs is 1. The zero-order chi connectivity index (χ0) is 14.1. The fraction of sp³-hybridized carbons (Fsp3) is 0.200. The smallest absolute Gasteiger partial charge is 0.289 e. The van der Waals surface area contributed by atoms with Crippen molar-refractivity contribution in [2.24, 2.45) is 0 Å². The van der Waals surface area contributed by atoms with Crippen molar-refractivity contribution in [2.45, 2.75) is 20.4 Å². The molecule has 0 aliphatic rings. The van der Waals surface area contributed by atoms with Gasteiger partial charge >= 0.3 is 0 Å². The summed E-state index contributed by atoms with van der Waals surface area (Å²) in [7, 11) is 0. The third-order valence-electron chi connectivity index (χ3n) is 3.22. The molecule has 0 saturated carbocycles. The summed E-state index contributed by atoms with van der Waals surface area (Å²) in [5.74, 6) is 0.0221. The number of nitrogens with zero attached hydrogens (tertiary/aromatic N) is 1. The molecule has 0 saturated heterocycles. The molecule has 1 aromatic carbocycles. The summed E-state index contributed by atoms with van der Waals surface area (Å²) >= 11 is 0. The molecule has 0 aliphatic carbocycles. The number of aromatic nitrogens is 2. The molecule has 5 heteroatoms. The molecule has 0 radical (unpaired) electrons. The molecule has 0 spiro atoms. The van der Waals surface area contributed by atoms with Crippen molar-refractivity contribution in [1.82, 2.24) is 15.3 Å². The molecule has 2 aromatic heterocycles. The van der Waals surface area contributed by atoms with Crippen LogP contribution in [0.4, 0.5) is 0 Å². The van der Waals surface area contributed by atoms with Gasteiger partial charge in [0, 0.05) is 17.8 Å².